The zero-order chi connectivity index (χ0) is 15.1. The Balaban J connectivity index is 2.22. The predicted molar refractivity (Wildman–Crippen MR) is 87.1 cm³/mol. The third kappa shape index (κ3) is 2.44. The van der Waals surface area contributed by atoms with Gasteiger partial charge in [0.1, 0.15) is 0 Å². The van der Waals surface area contributed by atoms with Gasteiger partial charge in [0.05, 0.1) is 5.92 Å². The largest absolute Gasteiger partial charge is 0.365 e. The van der Waals surface area contributed by atoms with Gasteiger partial charge in [-0.15, -0.1) is 0 Å². The molecule has 3 heteroatoms. The monoisotopic (exact) mass is 289 g/mol. The van der Waals surface area contributed by atoms with Gasteiger partial charge in [0.25, 0.3) is 0 Å². The van der Waals surface area contributed by atoms with Crippen LogP contribution in [0.5, 0.6) is 0 Å². The van der Waals surface area contributed by atoms with Crippen LogP contribution in [0.2, 0.25) is 18.1 Å². The summed E-state index contributed by atoms with van der Waals surface area (Å²) in [6.07, 6.45) is 0.986. The minimum absolute atomic E-state index is 0.171. The van der Waals surface area contributed by atoms with Gasteiger partial charge in [0, 0.05) is 6.04 Å². The Morgan fingerprint density at radius 3 is 2.20 bits per heavy atom. The molecule has 1 saturated heterocycles. The zero-order valence-corrected chi connectivity index (χ0v) is 14.6. The normalized spacial score (nSPS) is 23.7. The SMILES string of the molecule is CC1C(=O)N([Si](C)(C)C(C)(C)C)C1Cc1ccccc1. The van der Waals surface area contributed by atoms with E-state index in [1.165, 1.54) is 5.56 Å². The van der Waals surface area contributed by atoms with Gasteiger partial charge in [-0.25, -0.2) is 0 Å². The molecule has 0 aliphatic carbocycles. The fourth-order valence-corrected chi connectivity index (χ4v) is 5.49. The average Bonchev–Trinajstić information content (AvgIpc) is 2.37. The molecule has 0 bridgehead atoms. The quantitative estimate of drug-likeness (QED) is 0.606. The number of carbonyl (C=O) groups excluding carboxylic acids is 1. The van der Waals surface area contributed by atoms with Crippen LogP contribution in [-0.2, 0) is 11.2 Å². The highest BCUT2D eigenvalue weighted by molar-refractivity contribution is 6.80. The number of hydrogen-bond donors (Lipinski definition) is 0. The third-order valence-corrected chi connectivity index (χ3v) is 10.7. The minimum Gasteiger partial charge on any atom is -0.365 e. The summed E-state index contributed by atoms with van der Waals surface area (Å²) in [5, 5.41) is 0.206. The maximum absolute atomic E-state index is 12.4. The first kappa shape index (κ1) is 15.3. The van der Waals surface area contributed by atoms with Crippen LogP contribution < -0.4 is 0 Å². The Morgan fingerprint density at radius 2 is 1.70 bits per heavy atom. The average molecular weight is 289 g/mol. The first-order valence-electron chi connectivity index (χ1n) is 7.53. The molecule has 1 aromatic carbocycles. The number of amides is 1. The molecule has 1 amide bonds. The molecule has 2 atom stereocenters. The number of carbonyl (C=O) groups is 1. The molecule has 110 valence electrons. The van der Waals surface area contributed by atoms with Gasteiger partial charge in [-0.3, -0.25) is 4.79 Å². The van der Waals surface area contributed by atoms with Gasteiger partial charge in [-0.1, -0.05) is 71.1 Å². The molecule has 0 radical (unpaired) electrons. The van der Waals surface area contributed by atoms with E-state index < -0.39 is 8.24 Å². The van der Waals surface area contributed by atoms with Crippen molar-refractivity contribution in [3.8, 4) is 0 Å². The summed E-state index contributed by atoms with van der Waals surface area (Å²) in [7, 11) is -1.76. The summed E-state index contributed by atoms with van der Waals surface area (Å²) in [4.78, 5) is 12.4. The Morgan fingerprint density at radius 1 is 1.15 bits per heavy atom. The molecule has 0 aromatic heterocycles. The molecule has 2 rings (SSSR count). The fraction of sp³-hybridized carbons (Fsp3) is 0.588. The van der Waals surface area contributed by atoms with E-state index in [2.05, 4.69) is 69.6 Å². The third-order valence-electron chi connectivity index (χ3n) is 5.26. The smallest absolute Gasteiger partial charge is 0.219 e. The van der Waals surface area contributed by atoms with Crippen molar-refractivity contribution in [1.29, 1.82) is 0 Å². The first-order chi connectivity index (χ1) is 9.16. The van der Waals surface area contributed by atoms with Gasteiger partial charge in [0.15, 0.2) is 8.24 Å². The van der Waals surface area contributed by atoms with Crippen LogP contribution in [0, 0.1) is 5.92 Å². The fourth-order valence-electron chi connectivity index (χ4n) is 2.86. The molecule has 1 aliphatic rings. The lowest BCUT2D eigenvalue weighted by atomic mass is 9.87. The second-order valence-corrected chi connectivity index (χ2v) is 12.7. The summed E-state index contributed by atoms with van der Waals surface area (Å²) in [5.74, 6) is 0.529. The summed E-state index contributed by atoms with van der Waals surface area (Å²) < 4.78 is 2.25. The number of nitrogens with zero attached hydrogens (tertiary/aromatic N) is 1. The van der Waals surface area contributed by atoms with Crippen molar-refractivity contribution in [3.63, 3.8) is 0 Å². The summed E-state index contributed by atoms with van der Waals surface area (Å²) >= 11 is 0. The standard InChI is InChI=1S/C17H27NOSi/c1-13-15(12-14-10-8-7-9-11-14)18(16(13)19)20(5,6)17(2,3)4/h7-11,13,15H,12H2,1-6H3. The molecule has 1 fully saturated rings. The summed E-state index contributed by atoms with van der Waals surface area (Å²) in [6.45, 7) is 13.6. The molecule has 2 unspecified atom stereocenters. The van der Waals surface area contributed by atoms with Crippen molar-refractivity contribution < 1.29 is 4.79 Å². The van der Waals surface area contributed by atoms with E-state index in [0.717, 1.165) is 6.42 Å². The molecule has 1 aliphatic heterocycles. The molecule has 1 aromatic rings. The van der Waals surface area contributed by atoms with E-state index in [4.69, 9.17) is 0 Å². The van der Waals surface area contributed by atoms with Crippen molar-refractivity contribution in [2.75, 3.05) is 0 Å². The van der Waals surface area contributed by atoms with Crippen LogP contribution in [0.4, 0.5) is 0 Å². The number of rotatable bonds is 3. The molecular weight excluding hydrogens is 262 g/mol. The van der Waals surface area contributed by atoms with E-state index in [0.29, 0.717) is 11.9 Å². The maximum Gasteiger partial charge on any atom is 0.219 e. The molecule has 0 spiro atoms. The lowest BCUT2D eigenvalue weighted by Crippen LogP contribution is -2.72. The van der Waals surface area contributed by atoms with Gasteiger partial charge in [-0.2, -0.15) is 0 Å². The van der Waals surface area contributed by atoms with Crippen molar-refractivity contribution in [1.82, 2.24) is 4.57 Å². The van der Waals surface area contributed by atoms with Crippen LogP contribution in [0.3, 0.4) is 0 Å². The topological polar surface area (TPSA) is 20.3 Å². The van der Waals surface area contributed by atoms with E-state index in [1.54, 1.807) is 0 Å². The first-order valence-corrected chi connectivity index (χ1v) is 10.5. The van der Waals surface area contributed by atoms with Gasteiger partial charge < -0.3 is 4.57 Å². The highest BCUT2D eigenvalue weighted by atomic mass is 28.3. The molecular formula is C17H27NOSi. The Kier molecular flexibility index (Phi) is 3.85. The molecule has 0 saturated carbocycles. The van der Waals surface area contributed by atoms with Gasteiger partial charge in [0.2, 0.25) is 5.91 Å². The predicted octanol–water partition coefficient (Wildman–Crippen LogP) is 4.08. The summed E-state index contributed by atoms with van der Waals surface area (Å²) in [5.41, 5.74) is 1.33. The molecule has 20 heavy (non-hydrogen) atoms. The van der Waals surface area contributed by atoms with Crippen LogP contribution in [0.1, 0.15) is 33.3 Å². The van der Waals surface area contributed by atoms with Crippen LogP contribution in [-0.4, -0.2) is 24.7 Å². The zero-order valence-electron chi connectivity index (χ0n) is 13.6. The molecule has 0 N–H and O–H groups in total. The molecule has 1 heterocycles. The van der Waals surface area contributed by atoms with Crippen LogP contribution in [0.15, 0.2) is 30.3 Å². The van der Waals surface area contributed by atoms with Crippen LogP contribution >= 0.6 is 0 Å². The van der Waals surface area contributed by atoms with Crippen LogP contribution in [0.25, 0.3) is 0 Å². The Hall–Kier alpha value is -1.09. The second-order valence-electron chi connectivity index (χ2n) is 7.56. The highest BCUT2D eigenvalue weighted by Crippen LogP contribution is 2.45. The van der Waals surface area contributed by atoms with Gasteiger partial charge in [-0.05, 0) is 17.0 Å². The van der Waals surface area contributed by atoms with Gasteiger partial charge >= 0.3 is 0 Å². The Labute approximate surface area is 124 Å². The highest BCUT2D eigenvalue weighted by Gasteiger charge is 2.55. The van der Waals surface area contributed by atoms with Crippen molar-refractivity contribution in [3.05, 3.63) is 35.9 Å². The molecule has 2 nitrogen and oxygen atoms in total. The van der Waals surface area contributed by atoms with E-state index in [9.17, 15) is 4.79 Å². The second kappa shape index (κ2) is 5.03. The lowest BCUT2D eigenvalue weighted by Gasteiger charge is -2.58. The number of β-lactam (4-membered cyclic amide) rings is 1. The summed E-state index contributed by atoms with van der Waals surface area (Å²) in [6, 6.07) is 10.9. The van der Waals surface area contributed by atoms with E-state index in [1.807, 2.05) is 6.07 Å². The Bertz CT molecular complexity index is 489. The van der Waals surface area contributed by atoms with E-state index >= 15 is 0 Å². The van der Waals surface area contributed by atoms with Crippen molar-refractivity contribution in [2.45, 2.75) is 58.3 Å². The minimum atomic E-state index is -1.76. The maximum atomic E-state index is 12.4. The van der Waals surface area contributed by atoms with E-state index in [-0.39, 0.29) is 11.0 Å². The van der Waals surface area contributed by atoms with Crippen molar-refractivity contribution in [2.24, 2.45) is 5.92 Å². The van der Waals surface area contributed by atoms with Crippen molar-refractivity contribution >= 4 is 14.1 Å². The number of benzene rings is 1. The lowest BCUT2D eigenvalue weighted by molar-refractivity contribution is -0.146. The number of hydrogen-bond acceptors (Lipinski definition) is 1.